The Morgan fingerprint density at radius 2 is 0.781 bits per heavy atom. The number of aliphatic hydroxyl groups is 7. The largest absolute Gasteiger partial charge is 0.465 e. The van der Waals surface area contributed by atoms with Crippen molar-refractivity contribution in [2.45, 2.75) is 435 Å². The molecule has 2 amide bonds. The van der Waals surface area contributed by atoms with E-state index in [-0.39, 0.29) is 43.9 Å². The van der Waals surface area contributed by atoms with E-state index in [1.54, 1.807) is 0 Å². The van der Waals surface area contributed by atoms with Gasteiger partial charge in [0, 0.05) is 31.8 Å². The summed E-state index contributed by atoms with van der Waals surface area (Å²) >= 11 is 0. The zero-order valence-corrected chi connectivity index (χ0v) is 61.6. The fraction of sp³-hybridized carbons (Fsp3) is 0.949. The summed E-state index contributed by atoms with van der Waals surface area (Å²) in [5, 5.41) is 83.4. The molecule has 0 aliphatic carbocycles. The number of carbonyl (C=O) groups excluding carboxylic acids is 4. The minimum atomic E-state index is -1.87. The molecule has 0 bridgehead atoms. The maximum absolute atomic E-state index is 14.1. The van der Waals surface area contributed by atoms with Crippen LogP contribution in [0.3, 0.4) is 0 Å². The predicted molar refractivity (Wildman–Crippen MR) is 383 cm³/mol. The second-order valence-electron chi connectivity index (χ2n) is 29.1. The van der Waals surface area contributed by atoms with Crippen LogP contribution in [-0.4, -0.2) is 153 Å². The summed E-state index contributed by atoms with van der Waals surface area (Å²) in [5.41, 5.74) is 0. The van der Waals surface area contributed by atoms with E-state index in [4.69, 9.17) is 23.7 Å². The molecule has 2 aliphatic heterocycles. The maximum atomic E-state index is 14.1. The van der Waals surface area contributed by atoms with Crippen LogP contribution in [-0.2, 0) is 42.9 Å². The van der Waals surface area contributed by atoms with Crippen molar-refractivity contribution in [1.82, 2.24) is 10.6 Å². The van der Waals surface area contributed by atoms with Crippen LogP contribution in [0.15, 0.2) is 0 Å². The summed E-state index contributed by atoms with van der Waals surface area (Å²) in [4.78, 5) is 54.7. The summed E-state index contributed by atoms with van der Waals surface area (Å²) in [6, 6.07) is -2.91. The molecule has 566 valence electrons. The maximum Gasteiger partial charge on any atom is 0.308 e. The average molecular weight is 1370 g/mol. The van der Waals surface area contributed by atoms with Crippen molar-refractivity contribution in [2.24, 2.45) is 11.8 Å². The van der Waals surface area contributed by atoms with Crippen molar-refractivity contribution < 1.29 is 78.6 Å². The van der Waals surface area contributed by atoms with E-state index in [1.165, 1.54) is 193 Å². The van der Waals surface area contributed by atoms with E-state index in [0.717, 1.165) is 96.3 Å². The van der Waals surface area contributed by atoms with Gasteiger partial charge in [-0.15, -0.1) is 0 Å². The van der Waals surface area contributed by atoms with Crippen LogP contribution in [0.5, 0.6) is 0 Å². The summed E-state index contributed by atoms with van der Waals surface area (Å²) in [6.45, 7) is 7.37. The lowest BCUT2D eigenvalue weighted by Gasteiger charge is -2.45. The second kappa shape index (κ2) is 61.2. The van der Waals surface area contributed by atoms with Gasteiger partial charge >= 0.3 is 11.9 Å². The summed E-state index contributed by atoms with van der Waals surface area (Å²) in [5.74, 6) is -3.02. The first-order valence-corrected chi connectivity index (χ1v) is 40.2. The van der Waals surface area contributed by atoms with Crippen LogP contribution in [0.1, 0.15) is 368 Å². The Morgan fingerprint density at radius 3 is 1.20 bits per heavy atom. The van der Waals surface area contributed by atoms with E-state index in [9.17, 15) is 54.9 Å². The predicted octanol–water partition coefficient (Wildman–Crippen LogP) is 15.3. The Hall–Kier alpha value is -2.52. The Labute approximate surface area is 584 Å². The van der Waals surface area contributed by atoms with Gasteiger partial charge in [-0.05, 0) is 31.6 Å². The van der Waals surface area contributed by atoms with Crippen molar-refractivity contribution in [2.75, 3.05) is 26.4 Å². The van der Waals surface area contributed by atoms with E-state index in [1.807, 2.05) is 0 Å². The van der Waals surface area contributed by atoms with Crippen LogP contribution in [0.25, 0.3) is 0 Å². The first-order valence-electron chi connectivity index (χ1n) is 40.2. The molecule has 18 heteroatoms. The molecule has 0 spiro atoms. The highest BCUT2D eigenvalue weighted by molar-refractivity contribution is 5.77. The van der Waals surface area contributed by atoms with Gasteiger partial charge in [0.05, 0.1) is 32.3 Å². The molecule has 18 nitrogen and oxygen atoms in total. The van der Waals surface area contributed by atoms with Crippen LogP contribution >= 0.6 is 0 Å². The number of esters is 2. The number of amides is 2. The number of unbranched alkanes of at least 4 members (excludes halogenated alkanes) is 42. The molecule has 0 radical (unpaired) electrons. The van der Waals surface area contributed by atoms with Gasteiger partial charge < -0.3 is 70.1 Å². The molecule has 13 atom stereocenters. The Morgan fingerprint density at radius 1 is 0.406 bits per heavy atom. The molecule has 0 aromatic rings. The third-order valence-corrected chi connectivity index (χ3v) is 20.1. The molecular formula is C78H148N2O16. The van der Waals surface area contributed by atoms with Crippen molar-refractivity contribution in [1.29, 1.82) is 0 Å². The van der Waals surface area contributed by atoms with Crippen LogP contribution < -0.4 is 10.6 Å². The highest BCUT2D eigenvalue weighted by Gasteiger charge is 2.50. The molecule has 0 aromatic carbocycles. The van der Waals surface area contributed by atoms with Gasteiger partial charge in [0.2, 0.25) is 11.8 Å². The molecule has 0 aromatic heterocycles. The van der Waals surface area contributed by atoms with Crippen LogP contribution in [0.4, 0.5) is 0 Å². The molecule has 9 N–H and O–H groups in total. The quantitative estimate of drug-likeness (QED) is 0.0202. The summed E-state index contributed by atoms with van der Waals surface area (Å²) in [6.07, 6.45) is 40.7. The number of hydrogen-bond donors (Lipinski definition) is 9. The van der Waals surface area contributed by atoms with E-state index in [0.29, 0.717) is 32.1 Å². The fourth-order valence-electron chi connectivity index (χ4n) is 13.8. The second-order valence-corrected chi connectivity index (χ2v) is 29.1. The summed E-state index contributed by atoms with van der Waals surface area (Å²) in [7, 11) is 0. The first-order chi connectivity index (χ1) is 46.7. The van der Waals surface area contributed by atoms with Gasteiger partial charge in [0.15, 0.2) is 18.7 Å². The number of hydrogen-bond acceptors (Lipinski definition) is 16. The molecule has 2 rings (SSSR count). The van der Waals surface area contributed by atoms with Crippen molar-refractivity contribution in [3.8, 4) is 0 Å². The lowest BCUT2D eigenvalue weighted by Crippen LogP contribution is -2.67. The molecule has 96 heavy (non-hydrogen) atoms. The fourth-order valence-corrected chi connectivity index (χ4v) is 13.8. The number of ether oxygens (including phenoxy) is 5. The zero-order valence-electron chi connectivity index (χ0n) is 61.6. The van der Waals surface area contributed by atoms with E-state index < -0.39 is 105 Å². The van der Waals surface area contributed by atoms with Crippen LogP contribution in [0, 0.1) is 11.8 Å². The Kier molecular flexibility index (Phi) is 57.1. The molecule has 2 fully saturated rings. The smallest absolute Gasteiger partial charge is 0.308 e. The minimum absolute atomic E-state index is 0.0353. The monoisotopic (exact) mass is 1370 g/mol. The van der Waals surface area contributed by atoms with Crippen molar-refractivity contribution >= 4 is 23.8 Å². The standard InChI is InChI=1S/C78H148N2O16/c1-5-9-13-17-21-25-29-30-34-38-42-46-50-54-69(86)92-60-63(52-48-44-40-36-32-27-23-19-15-11-7-3)56-68(85)79-71-75(90)73(88)65(59-82)95-78(71)93-61-66-74(89)76(96-70(87)57-64(83)53-49-45-41-37-33-28-24-20-16-12-8-4)72(77(91)94-66)80-67(84)55-62(58-81)51-47-43-39-35-31-26-22-18-14-10-6-2/h62-66,71-78,81-83,88-91H,5-61H2,1-4H3,(H,79,85)(H,80,84)/t62-,63-,64-,65-,66-,71-,72-,73-,74-,75-,76-,77+,78-/m1/s1. The highest BCUT2D eigenvalue weighted by atomic mass is 16.7. The van der Waals surface area contributed by atoms with Gasteiger partial charge in [0.25, 0.3) is 0 Å². The minimum Gasteiger partial charge on any atom is -0.465 e. The highest BCUT2D eigenvalue weighted by Crippen LogP contribution is 2.29. The number of nitrogens with one attached hydrogen (secondary N) is 2. The molecule has 0 unspecified atom stereocenters. The van der Waals surface area contributed by atoms with Crippen LogP contribution in [0.2, 0.25) is 0 Å². The first kappa shape index (κ1) is 89.6. The van der Waals surface area contributed by atoms with Gasteiger partial charge in [0.1, 0.15) is 42.6 Å². The topological polar surface area (TPSA) is 280 Å². The molecular weight excluding hydrogens is 1220 g/mol. The molecule has 0 saturated carbocycles. The molecule has 2 saturated heterocycles. The lowest BCUT2D eigenvalue weighted by atomic mass is 9.94. The third kappa shape index (κ3) is 44.7. The Balaban J connectivity index is 2.18. The lowest BCUT2D eigenvalue weighted by molar-refractivity contribution is -0.299. The van der Waals surface area contributed by atoms with Gasteiger partial charge in [-0.2, -0.15) is 0 Å². The number of aliphatic hydroxyl groups excluding tert-OH is 7. The van der Waals surface area contributed by atoms with Gasteiger partial charge in [-0.3, -0.25) is 19.2 Å². The number of rotatable bonds is 66. The SMILES string of the molecule is CCCCCCCCCCCCCCCC(=O)OC[C@H](CCCCCCCCCCCCC)CC(=O)N[C@H]1[C@H](OC[C@H]2O[C@H](O)[C@H](NC(=O)C[C@H](CO)CCCCCCCCCCCCC)[C@@H](OC(=O)C[C@H](O)CCCCCCCCCCCCC)[C@@H]2O)O[C@H](CO)[C@@H](O)[C@@H]1O. The van der Waals surface area contributed by atoms with Gasteiger partial charge in [-0.1, -0.05) is 317 Å². The average Bonchev–Trinajstić information content (AvgIpc) is 0.808. The van der Waals surface area contributed by atoms with E-state index in [2.05, 4.69) is 38.3 Å². The normalized spacial score (nSPS) is 22.2. The van der Waals surface area contributed by atoms with Crippen molar-refractivity contribution in [3.05, 3.63) is 0 Å². The van der Waals surface area contributed by atoms with E-state index >= 15 is 0 Å². The molecule has 2 heterocycles. The van der Waals surface area contributed by atoms with Gasteiger partial charge in [-0.25, -0.2) is 0 Å². The Bertz CT molecular complexity index is 1840. The third-order valence-electron chi connectivity index (χ3n) is 20.1. The van der Waals surface area contributed by atoms with Crippen molar-refractivity contribution in [3.63, 3.8) is 0 Å². The summed E-state index contributed by atoms with van der Waals surface area (Å²) < 4.78 is 29.7. The number of carbonyl (C=O) groups is 4. The molecule has 2 aliphatic rings. The zero-order chi connectivity index (χ0) is 70.1.